The molecule has 3 rings (SSSR count). The van der Waals surface area contributed by atoms with Gasteiger partial charge in [0.05, 0.1) is 19.6 Å². The van der Waals surface area contributed by atoms with Gasteiger partial charge in [-0.3, -0.25) is 4.79 Å². The molecule has 124 valence electrons. The third kappa shape index (κ3) is 3.63. The van der Waals surface area contributed by atoms with E-state index in [2.05, 4.69) is 0 Å². The van der Waals surface area contributed by atoms with E-state index in [1.54, 1.807) is 11.0 Å². The van der Waals surface area contributed by atoms with Crippen molar-refractivity contribution in [2.45, 2.75) is 6.42 Å². The number of carboxylic acids is 1. The van der Waals surface area contributed by atoms with E-state index in [1.807, 2.05) is 42.5 Å². The summed E-state index contributed by atoms with van der Waals surface area (Å²) in [6, 6.07) is 13.5. The first-order valence-electron chi connectivity index (χ1n) is 7.92. The van der Waals surface area contributed by atoms with E-state index < -0.39 is 5.97 Å². The Hall–Kier alpha value is -2.66. The summed E-state index contributed by atoms with van der Waals surface area (Å²) in [5.74, 6) is -1.24. The summed E-state index contributed by atoms with van der Waals surface area (Å²) in [7, 11) is 0. The average Bonchev–Trinajstić information content (AvgIpc) is 2.62. The standard InChI is InChI=1S/C19H19NO4/c21-18(20-8-10-24-11-9-20)13-16(19(22)23)12-15-6-3-5-14-4-1-2-7-17(14)15/h1-7,12H,8-11,13H2,(H,22,23)/b16-12+. The average molecular weight is 325 g/mol. The molecule has 1 heterocycles. The number of morpholine rings is 1. The Morgan fingerprint density at radius 1 is 1.08 bits per heavy atom. The Bertz CT molecular complexity index is 786. The molecule has 0 unspecified atom stereocenters. The zero-order valence-electron chi connectivity index (χ0n) is 13.3. The molecule has 0 aromatic heterocycles. The Balaban J connectivity index is 1.88. The molecule has 2 aromatic rings. The lowest BCUT2D eigenvalue weighted by Crippen LogP contribution is -2.41. The highest BCUT2D eigenvalue weighted by Gasteiger charge is 2.20. The molecule has 0 saturated carbocycles. The van der Waals surface area contributed by atoms with E-state index in [-0.39, 0.29) is 17.9 Å². The van der Waals surface area contributed by atoms with E-state index in [0.29, 0.717) is 26.3 Å². The SMILES string of the molecule is O=C(O)/C(=C/c1cccc2ccccc12)CC(=O)N1CCOCC1. The van der Waals surface area contributed by atoms with Gasteiger partial charge in [-0.05, 0) is 22.4 Å². The van der Waals surface area contributed by atoms with E-state index in [4.69, 9.17) is 4.74 Å². The molecule has 2 aromatic carbocycles. The van der Waals surface area contributed by atoms with Crippen molar-refractivity contribution in [2.75, 3.05) is 26.3 Å². The number of benzene rings is 2. The number of aliphatic carboxylic acids is 1. The lowest BCUT2D eigenvalue weighted by Gasteiger charge is -2.26. The van der Waals surface area contributed by atoms with Crippen LogP contribution >= 0.6 is 0 Å². The molecule has 0 bridgehead atoms. The van der Waals surface area contributed by atoms with Gasteiger partial charge in [0.2, 0.25) is 5.91 Å². The van der Waals surface area contributed by atoms with Crippen LogP contribution in [0.3, 0.4) is 0 Å². The molecule has 0 atom stereocenters. The monoisotopic (exact) mass is 325 g/mol. The molecule has 24 heavy (non-hydrogen) atoms. The van der Waals surface area contributed by atoms with Crippen molar-refractivity contribution in [1.82, 2.24) is 4.90 Å². The number of ether oxygens (including phenoxy) is 1. The smallest absolute Gasteiger partial charge is 0.332 e. The van der Waals surface area contributed by atoms with Crippen LogP contribution < -0.4 is 0 Å². The van der Waals surface area contributed by atoms with Crippen LogP contribution in [0.4, 0.5) is 0 Å². The molecule has 1 aliphatic rings. The third-order valence-corrected chi connectivity index (χ3v) is 4.13. The Morgan fingerprint density at radius 2 is 1.79 bits per heavy atom. The van der Waals surface area contributed by atoms with Crippen LogP contribution in [0.5, 0.6) is 0 Å². The van der Waals surface area contributed by atoms with Gasteiger partial charge in [0.25, 0.3) is 0 Å². The Morgan fingerprint density at radius 3 is 2.54 bits per heavy atom. The summed E-state index contributed by atoms with van der Waals surface area (Å²) >= 11 is 0. The molecule has 0 radical (unpaired) electrons. The van der Waals surface area contributed by atoms with Crippen molar-refractivity contribution in [3.05, 3.63) is 53.6 Å². The second-order valence-electron chi connectivity index (χ2n) is 5.71. The van der Waals surface area contributed by atoms with Crippen LogP contribution in [-0.4, -0.2) is 48.2 Å². The van der Waals surface area contributed by atoms with E-state index in [0.717, 1.165) is 16.3 Å². The number of hydrogen-bond donors (Lipinski definition) is 1. The van der Waals surface area contributed by atoms with Gasteiger partial charge >= 0.3 is 5.97 Å². The minimum Gasteiger partial charge on any atom is -0.478 e. The normalized spacial score (nSPS) is 15.5. The van der Waals surface area contributed by atoms with Crippen LogP contribution in [0.15, 0.2) is 48.0 Å². The van der Waals surface area contributed by atoms with Crippen LogP contribution in [0.25, 0.3) is 16.8 Å². The molecular weight excluding hydrogens is 306 g/mol. The Kier molecular flexibility index (Phi) is 4.91. The lowest BCUT2D eigenvalue weighted by molar-refractivity contribution is -0.138. The lowest BCUT2D eigenvalue weighted by atomic mass is 10.0. The van der Waals surface area contributed by atoms with Gasteiger partial charge in [0.15, 0.2) is 0 Å². The van der Waals surface area contributed by atoms with Crippen LogP contribution in [0, 0.1) is 0 Å². The number of carboxylic acid groups (broad SMARTS) is 1. The third-order valence-electron chi connectivity index (χ3n) is 4.13. The summed E-state index contributed by atoms with van der Waals surface area (Å²) in [5.41, 5.74) is 0.906. The van der Waals surface area contributed by atoms with Crippen molar-refractivity contribution in [2.24, 2.45) is 0 Å². The maximum absolute atomic E-state index is 12.3. The second kappa shape index (κ2) is 7.27. The number of amides is 1. The van der Waals surface area contributed by atoms with Gasteiger partial charge in [-0.2, -0.15) is 0 Å². The number of fused-ring (bicyclic) bond motifs is 1. The minimum atomic E-state index is -1.07. The highest BCUT2D eigenvalue weighted by molar-refractivity contribution is 6.01. The molecule has 1 amide bonds. The van der Waals surface area contributed by atoms with Crippen molar-refractivity contribution in [1.29, 1.82) is 0 Å². The van der Waals surface area contributed by atoms with Gasteiger partial charge in [0, 0.05) is 18.7 Å². The summed E-state index contributed by atoms with van der Waals surface area (Å²) in [4.78, 5) is 25.6. The molecule has 1 aliphatic heterocycles. The molecule has 1 saturated heterocycles. The zero-order chi connectivity index (χ0) is 16.9. The number of hydrogen-bond acceptors (Lipinski definition) is 3. The summed E-state index contributed by atoms with van der Waals surface area (Å²) in [6.07, 6.45) is 1.49. The summed E-state index contributed by atoms with van der Waals surface area (Å²) < 4.78 is 5.22. The predicted octanol–water partition coefficient (Wildman–Crippen LogP) is 2.56. The molecular formula is C19H19NO4. The van der Waals surface area contributed by atoms with E-state index in [1.165, 1.54) is 0 Å². The second-order valence-corrected chi connectivity index (χ2v) is 5.71. The van der Waals surface area contributed by atoms with Gasteiger partial charge < -0.3 is 14.7 Å². The van der Waals surface area contributed by atoms with Gasteiger partial charge in [-0.25, -0.2) is 4.79 Å². The molecule has 1 N–H and O–H groups in total. The van der Waals surface area contributed by atoms with Crippen molar-refractivity contribution in [3.8, 4) is 0 Å². The zero-order valence-corrected chi connectivity index (χ0v) is 13.3. The first-order valence-corrected chi connectivity index (χ1v) is 7.92. The fourth-order valence-electron chi connectivity index (χ4n) is 2.84. The topological polar surface area (TPSA) is 66.8 Å². The number of rotatable bonds is 4. The highest BCUT2D eigenvalue weighted by Crippen LogP contribution is 2.22. The van der Waals surface area contributed by atoms with E-state index >= 15 is 0 Å². The summed E-state index contributed by atoms with van der Waals surface area (Å²) in [5, 5.41) is 11.5. The number of carbonyl (C=O) groups excluding carboxylic acids is 1. The fourth-order valence-corrected chi connectivity index (χ4v) is 2.84. The molecule has 0 aliphatic carbocycles. The largest absolute Gasteiger partial charge is 0.478 e. The van der Waals surface area contributed by atoms with Crippen LogP contribution in [0.2, 0.25) is 0 Å². The molecule has 5 heteroatoms. The van der Waals surface area contributed by atoms with Gasteiger partial charge in [-0.1, -0.05) is 42.5 Å². The maximum atomic E-state index is 12.3. The summed E-state index contributed by atoms with van der Waals surface area (Å²) in [6.45, 7) is 2.03. The van der Waals surface area contributed by atoms with Crippen molar-refractivity contribution >= 4 is 28.7 Å². The van der Waals surface area contributed by atoms with Crippen LogP contribution in [0.1, 0.15) is 12.0 Å². The minimum absolute atomic E-state index is 0.0999. The quantitative estimate of drug-likeness (QED) is 0.877. The first kappa shape index (κ1) is 16.2. The van der Waals surface area contributed by atoms with Gasteiger partial charge in [0.1, 0.15) is 0 Å². The number of carbonyl (C=O) groups is 2. The first-order chi connectivity index (χ1) is 11.6. The van der Waals surface area contributed by atoms with Gasteiger partial charge in [-0.15, -0.1) is 0 Å². The number of nitrogens with zero attached hydrogens (tertiary/aromatic N) is 1. The molecule has 5 nitrogen and oxygen atoms in total. The van der Waals surface area contributed by atoms with Crippen molar-refractivity contribution < 1.29 is 19.4 Å². The van der Waals surface area contributed by atoms with Crippen LogP contribution in [-0.2, 0) is 14.3 Å². The Labute approximate surface area is 140 Å². The fraction of sp³-hybridized carbons (Fsp3) is 0.263. The maximum Gasteiger partial charge on any atom is 0.332 e. The van der Waals surface area contributed by atoms with Crippen molar-refractivity contribution in [3.63, 3.8) is 0 Å². The van der Waals surface area contributed by atoms with E-state index in [9.17, 15) is 14.7 Å². The predicted molar refractivity (Wildman–Crippen MR) is 91.6 cm³/mol. The molecule has 0 spiro atoms. The molecule has 1 fully saturated rings. The highest BCUT2D eigenvalue weighted by atomic mass is 16.5.